The Labute approximate surface area is 103 Å². The largest absolute Gasteiger partial charge is 0.478 e. The molecule has 1 rings (SSSR count). The highest BCUT2D eigenvalue weighted by Gasteiger charge is 2.04. The first-order chi connectivity index (χ1) is 8.58. The number of carboxylic acid groups (broad SMARTS) is 1. The summed E-state index contributed by atoms with van der Waals surface area (Å²) in [5.74, 6) is -2.06. The van der Waals surface area contributed by atoms with Crippen molar-refractivity contribution in [1.82, 2.24) is 15.6 Å². The molecule has 94 valence electrons. The van der Waals surface area contributed by atoms with Crippen LogP contribution in [0.1, 0.15) is 5.56 Å². The van der Waals surface area contributed by atoms with Crippen LogP contribution in [0.15, 0.2) is 36.7 Å². The van der Waals surface area contributed by atoms with Crippen molar-refractivity contribution in [2.24, 2.45) is 0 Å². The van der Waals surface area contributed by atoms with Gasteiger partial charge in [-0.05, 0) is 17.7 Å². The Morgan fingerprint density at radius 3 is 2.50 bits per heavy atom. The van der Waals surface area contributed by atoms with Crippen LogP contribution in [0.5, 0.6) is 0 Å². The fourth-order valence-electron chi connectivity index (χ4n) is 1.03. The molecule has 0 spiro atoms. The highest BCUT2D eigenvalue weighted by Crippen LogP contribution is 1.94. The number of carbonyl (C=O) groups excluding carboxylic acids is 2. The first kappa shape index (κ1) is 13.4. The number of imide groups is 1. The van der Waals surface area contributed by atoms with Crippen molar-refractivity contribution < 1.29 is 19.5 Å². The Morgan fingerprint density at radius 1 is 1.22 bits per heavy atom. The maximum absolute atomic E-state index is 11.2. The van der Waals surface area contributed by atoms with E-state index in [4.69, 9.17) is 5.11 Å². The standard InChI is InChI=1S/C11H11N3O4/c15-9(1-2-10(16)17)14-11(18)13-7-8-3-5-12-6-4-8/h1-6H,7H2,(H,16,17)(H2,13,14,15,18)/b2-1+. The quantitative estimate of drug-likeness (QED) is 0.653. The molecule has 1 aromatic heterocycles. The van der Waals surface area contributed by atoms with Gasteiger partial charge in [-0.25, -0.2) is 9.59 Å². The second kappa shape index (κ2) is 6.79. The van der Waals surface area contributed by atoms with Gasteiger partial charge in [0.2, 0.25) is 0 Å². The molecule has 0 aliphatic rings. The lowest BCUT2D eigenvalue weighted by Gasteiger charge is -2.04. The molecule has 3 amide bonds. The molecule has 0 radical (unpaired) electrons. The van der Waals surface area contributed by atoms with Crippen LogP contribution < -0.4 is 10.6 Å². The average Bonchev–Trinajstić information content (AvgIpc) is 2.35. The topological polar surface area (TPSA) is 108 Å². The first-order valence-electron chi connectivity index (χ1n) is 4.96. The van der Waals surface area contributed by atoms with E-state index in [-0.39, 0.29) is 6.54 Å². The van der Waals surface area contributed by atoms with Gasteiger partial charge in [0, 0.05) is 31.1 Å². The second-order valence-corrected chi connectivity index (χ2v) is 3.20. The molecule has 0 atom stereocenters. The molecular weight excluding hydrogens is 238 g/mol. The molecule has 7 nitrogen and oxygen atoms in total. The molecule has 0 saturated heterocycles. The molecule has 0 saturated carbocycles. The maximum Gasteiger partial charge on any atom is 0.328 e. The fourth-order valence-corrected chi connectivity index (χ4v) is 1.03. The lowest BCUT2D eigenvalue weighted by molar-refractivity contribution is -0.131. The minimum absolute atomic E-state index is 0.240. The third-order valence-corrected chi connectivity index (χ3v) is 1.82. The number of nitrogens with zero attached hydrogens (tertiary/aromatic N) is 1. The zero-order valence-electron chi connectivity index (χ0n) is 9.29. The molecule has 1 aromatic rings. The number of hydrogen-bond donors (Lipinski definition) is 3. The fraction of sp³-hybridized carbons (Fsp3) is 0.0909. The first-order valence-corrected chi connectivity index (χ1v) is 4.96. The predicted octanol–water partition coefficient (Wildman–Crippen LogP) is 0.0482. The van der Waals surface area contributed by atoms with Crippen molar-refractivity contribution >= 4 is 17.9 Å². The summed E-state index contributed by atoms with van der Waals surface area (Å²) in [4.78, 5) is 36.2. The highest BCUT2D eigenvalue weighted by molar-refractivity contribution is 6.02. The molecule has 0 unspecified atom stereocenters. The zero-order chi connectivity index (χ0) is 13.4. The van der Waals surface area contributed by atoms with Crippen LogP contribution in [0.2, 0.25) is 0 Å². The van der Waals surface area contributed by atoms with E-state index < -0.39 is 17.9 Å². The molecule has 0 fully saturated rings. The smallest absolute Gasteiger partial charge is 0.328 e. The van der Waals surface area contributed by atoms with Crippen LogP contribution >= 0.6 is 0 Å². The lowest BCUT2D eigenvalue weighted by Crippen LogP contribution is -2.38. The number of nitrogens with one attached hydrogen (secondary N) is 2. The third kappa shape index (κ3) is 5.40. The molecule has 0 bridgehead atoms. The highest BCUT2D eigenvalue weighted by atomic mass is 16.4. The van der Waals surface area contributed by atoms with E-state index in [1.807, 2.05) is 5.32 Å². The van der Waals surface area contributed by atoms with Crippen molar-refractivity contribution in [3.63, 3.8) is 0 Å². The van der Waals surface area contributed by atoms with E-state index in [0.29, 0.717) is 6.08 Å². The van der Waals surface area contributed by atoms with Crippen molar-refractivity contribution in [3.05, 3.63) is 42.2 Å². The molecule has 0 aliphatic heterocycles. The number of urea groups is 1. The molecule has 0 aliphatic carbocycles. The Kier molecular flexibility index (Phi) is 5.04. The molecular formula is C11H11N3O4. The maximum atomic E-state index is 11.2. The summed E-state index contributed by atoms with van der Waals surface area (Å²) in [5.41, 5.74) is 0.827. The van der Waals surface area contributed by atoms with Crippen molar-refractivity contribution in [1.29, 1.82) is 0 Å². The molecule has 3 N–H and O–H groups in total. The van der Waals surface area contributed by atoms with Crippen LogP contribution in [-0.4, -0.2) is 28.0 Å². The van der Waals surface area contributed by atoms with Gasteiger partial charge >= 0.3 is 12.0 Å². The van der Waals surface area contributed by atoms with Gasteiger partial charge in [-0.1, -0.05) is 0 Å². The Morgan fingerprint density at radius 2 is 1.89 bits per heavy atom. The number of aliphatic carboxylic acids is 1. The molecule has 7 heteroatoms. The summed E-state index contributed by atoms with van der Waals surface area (Å²) in [6.45, 7) is 0.240. The van der Waals surface area contributed by atoms with Crippen LogP contribution in [-0.2, 0) is 16.1 Å². The predicted molar refractivity (Wildman–Crippen MR) is 61.4 cm³/mol. The number of carbonyl (C=O) groups is 3. The molecule has 0 aromatic carbocycles. The van der Waals surface area contributed by atoms with Crippen LogP contribution in [0.3, 0.4) is 0 Å². The summed E-state index contributed by atoms with van der Waals surface area (Å²) in [7, 11) is 0. The van der Waals surface area contributed by atoms with Gasteiger partial charge in [0.25, 0.3) is 5.91 Å². The normalized spacial score (nSPS) is 10.0. The summed E-state index contributed by atoms with van der Waals surface area (Å²) < 4.78 is 0. The van der Waals surface area contributed by atoms with E-state index in [2.05, 4.69) is 10.3 Å². The summed E-state index contributed by atoms with van der Waals surface area (Å²) in [6, 6.07) is 2.73. The molecule has 18 heavy (non-hydrogen) atoms. The van der Waals surface area contributed by atoms with Gasteiger partial charge < -0.3 is 10.4 Å². The SMILES string of the molecule is O=C(O)/C=C/C(=O)NC(=O)NCc1ccncc1. The van der Waals surface area contributed by atoms with Crippen LogP contribution in [0, 0.1) is 0 Å². The van der Waals surface area contributed by atoms with Gasteiger partial charge in [-0.2, -0.15) is 0 Å². The summed E-state index contributed by atoms with van der Waals surface area (Å²) in [6.07, 6.45) is 4.56. The minimum atomic E-state index is -1.26. The summed E-state index contributed by atoms with van der Waals surface area (Å²) in [5, 5.41) is 12.7. The van der Waals surface area contributed by atoms with E-state index in [0.717, 1.165) is 11.6 Å². The number of pyridine rings is 1. The average molecular weight is 249 g/mol. The van der Waals surface area contributed by atoms with Gasteiger partial charge in [0.05, 0.1) is 0 Å². The Balaban J connectivity index is 2.34. The number of amides is 3. The van der Waals surface area contributed by atoms with E-state index >= 15 is 0 Å². The van der Waals surface area contributed by atoms with Crippen LogP contribution in [0.4, 0.5) is 4.79 Å². The van der Waals surface area contributed by atoms with Gasteiger partial charge in [-0.15, -0.1) is 0 Å². The van der Waals surface area contributed by atoms with E-state index in [1.54, 1.807) is 24.5 Å². The number of carboxylic acids is 1. The number of aromatic nitrogens is 1. The van der Waals surface area contributed by atoms with Crippen molar-refractivity contribution in [2.45, 2.75) is 6.54 Å². The summed E-state index contributed by atoms with van der Waals surface area (Å²) >= 11 is 0. The number of hydrogen-bond acceptors (Lipinski definition) is 4. The van der Waals surface area contributed by atoms with Crippen molar-refractivity contribution in [2.75, 3.05) is 0 Å². The Hall–Kier alpha value is -2.70. The van der Waals surface area contributed by atoms with Crippen molar-refractivity contribution in [3.8, 4) is 0 Å². The lowest BCUT2D eigenvalue weighted by atomic mass is 10.3. The van der Waals surface area contributed by atoms with Gasteiger partial charge in [0.1, 0.15) is 0 Å². The number of rotatable bonds is 4. The van der Waals surface area contributed by atoms with E-state index in [9.17, 15) is 14.4 Å². The minimum Gasteiger partial charge on any atom is -0.478 e. The molecule has 1 heterocycles. The third-order valence-electron chi connectivity index (χ3n) is 1.82. The van der Waals surface area contributed by atoms with E-state index in [1.165, 1.54) is 0 Å². The van der Waals surface area contributed by atoms with Gasteiger partial charge in [0.15, 0.2) is 0 Å². The Bertz CT molecular complexity index is 470. The monoisotopic (exact) mass is 249 g/mol. The van der Waals surface area contributed by atoms with Crippen LogP contribution in [0.25, 0.3) is 0 Å². The second-order valence-electron chi connectivity index (χ2n) is 3.20. The van der Waals surface area contributed by atoms with Gasteiger partial charge in [-0.3, -0.25) is 15.1 Å². The zero-order valence-corrected chi connectivity index (χ0v) is 9.29.